The third-order valence-electron chi connectivity index (χ3n) is 2.09. The maximum Gasteiger partial charge on any atom is 0.0201 e. The number of allylic oxidation sites excluding steroid dienone is 10. The minimum Gasteiger partial charge on any atom is -0.0620 e. The van der Waals surface area contributed by atoms with Crippen LogP contribution in [0.4, 0.5) is 0 Å². The summed E-state index contributed by atoms with van der Waals surface area (Å²) < 4.78 is 0. The van der Waals surface area contributed by atoms with Gasteiger partial charge < -0.3 is 0 Å². The standard InChI is InChI=1S/C12H11/c1-10-5-4-7-11-6-2-3-8-12(10)9-11/h2-9H,1H3. The average molecular weight is 155 g/mol. The highest BCUT2D eigenvalue weighted by atomic mass is 14.1. The number of hydrogen-bond acceptors (Lipinski definition) is 0. The molecule has 0 aliphatic heterocycles. The molecule has 2 aliphatic rings. The van der Waals surface area contributed by atoms with Gasteiger partial charge in [0, 0.05) is 6.42 Å². The largest absolute Gasteiger partial charge is 0.0620 e. The van der Waals surface area contributed by atoms with E-state index in [-0.39, 0.29) is 0 Å². The maximum atomic E-state index is 2.20. The molecule has 59 valence electrons. The van der Waals surface area contributed by atoms with Gasteiger partial charge in [-0.15, -0.1) is 0 Å². The Morgan fingerprint density at radius 1 is 0.917 bits per heavy atom. The van der Waals surface area contributed by atoms with Crippen LogP contribution in [-0.2, 0) is 0 Å². The Bertz CT molecular complexity index is 333. The van der Waals surface area contributed by atoms with Crippen molar-refractivity contribution >= 4 is 0 Å². The number of hydrogen-bond donors (Lipinski definition) is 0. The highest BCUT2D eigenvalue weighted by Crippen LogP contribution is 2.23. The van der Waals surface area contributed by atoms with Crippen LogP contribution < -0.4 is 0 Å². The number of fused-ring (bicyclic) bond motifs is 2. The van der Waals surface area contributed by atoms with Crippen molar-refractivity contribution < 1.29 is 0 Å². The Morgan fingerprint density at radius 3 is 2.67 bits per heavy atom. The Balaban J connectivity index is 2.49. The summed E-state index contributed by atoms with van der Waals surface area (Å²) in [6.45, 7) is 2.13. The van der Waals surface area contributed by atoms with Crippen LogP contribution in [0.1, 0.15) is 6.92 Å². The minimum absolute atomic E-state index is 1.27. The van der Waals surface area contributed by atoms with Gasteiger partial charge in [-0.25, -0.2) is 0 Å². The minimum atomic E-state index is 1.27. The van der Waals surface area contributed by atoms with E-state index in [2.05, 4.69) is 55.9 Å². The van der Waals surface area contributed by atoms with Crippen LogP contribution in [0.25, 0.3) is 0 Å². The summed E-state index contributed by atoms with van der Waals surface area (Å²) >= 11 is 0. The molecular formula is C12H11. The zero-order valence-electron chi connectivity index (χ0n) is 7.12. The topological polar surface area (TPSA) is 0 Å². The molecule has 0 heteroatoms. The van der Waals surface area contributed by atoms with E-state index in [0.29, 0.717) is 0 Å². The Kier molecular flexibility index (Phi) is 1.83. The van der Waals surface area contributed by atoms with Crippen molar-refractivity contribution in [2.24, 2.45) is 0 Å². The highest BCUT2D eigenvalue weighted by Gasteiger charge is 2.05. The molecule has 0 heterocycles. The summed E-state index contributed by atoms with van der Waals surface area (Å²) in [6, 6.07) is 0. The molecule has 0 amide bonds. The van der Waals surface area contributed by atoms with Gasteiger partial charge in [-0.2, -0.15) is 0 Å². The first-order chi connectivity index (χ1) is 5.86. The fourth-order valence-corrected chi connectivity index (χ4v) is 1.35. The van der Waals surface area contributed by atoms with E-state index in [1.165, 1.54) is 16.7 Å². The molecule has 0 fully saturated rings. The monoisotopic (exact) mass is 155 g/mol. The van der Waals surface area contributed by atoms with Crippen molar-refractivity contribution in [2.75, 3.05) is 0 Å². The van der Waals surface area contributed by atoms with Gasteiger partial charge >= 0.3 is 0 Å². The molecule has 0 nitrogen and oxygen atoms in total. The molecule has 0 aromatic carbocycles. The molecular weight excluding hydrogens is 144 g/mol. The van der Waals surface area contributed by atoms with Crippen LogP contribution in [0.3, 0.4) is 0 Å². The van der Waals surface area contributed by atoms with E-state index in [4.69, 9.17) is 0 Å². The SMILES string of the molecule is CC1=CC=CC2=CC=CC=C1[CH]2. The van der Waals surface area contributed by atoms with Gasteiger partial charge in [0.25, 0.3) is 0 Å². The third-order valence-corrected chi connectivity index (χ3v) is 2.09. The molecule has 0 atom stereocenters. The van der Waals surface area contributed by atoms with Gasteiger partial charge in [-0.3, -0.25) is 0 Å². The van der Waals surface area contributed by atoms with E-state index in [9.17, 15) is 0 Å². The maximum absolute atomic E-state index is 2.20. The fraction of sp³-hybridized carbons (Fsp3) is 0.0833. The molecule has 0 saturated carbocycles. The Hall–Kier alpha value is -1.30. The molecule has 0 aromatic heterocycles. The predicted octanol–water partition coefficient (Wildman–Crippen LogP) is 3.13. The number of rotatable bonds is 0. The molecule has 0 unspecified atom stereocenters. The molecule has 2 bridgehead atoms. The van der Waals surface area contributed by atoms with E-state index in [0.717, 1.165) is 0 Å². The first-order valence-electron chi connectivity index (χ1n) is 4.15. The van der Waals surface area contributed by atoms with Gasteiger partial charge in [0.05, 0.1) is 0 Å². The van der Waals surface area contributed by atoms with Crippen LogP contribution in [0.15, 0.2) is 59.3 Å². The molecule has 12 heavy (non-hydrogen) atoms. The summed E-state index contributed by atoms with van der Waals surface area (Å²) in [6.07, 6.45) is 17.0. The smallest absolute Gasteiger partial charge is 0.0201 e. The average Bonchev–Trinajstić information content (AvgIpc) is 2.38. The zero-order valence-corrected chi connectivity index (χ0v) is 7.12. The van der Waals surface area contributed by atoms with Crippen molar-refractivity contribution in [2.45, 2.75) is 6.92 Å². The fourth-order valence-electron chi connectivity index (χ4n) is 1.35. The quantitative estimate of drug-likeness (QED) is 0.504. The summed E-state index contributed by atoms with van der Waals surface area (Å²) in [5.74, 6) is 0. The normalized spacial score (nSPS) is 20.6. The van der Waals surface area contributed by atoms with Crippen LogP contribution in [0, 0.1) is 6.42 Å². The predicted molar refractivity (Wildman–Crippen MR) is 52.5 cm³/mol. The second kappa shape index (κ2) is 2.98. The summed E-state index contributed by atoms with van der Waals surface area (Å²) in [5, 5.41) is 0. The summed E-state index contributed by atoms with van der Waals surface area (Å²) in [4.78, 5) is 0. The van der Waals surface area contributed by atoms with Gasteiger partial charge in [-0.1, -0.05) is 42.5 Å². The van der Waals surface area contributed by atoms with Crippen LogP contribution >= 0.6 is 0 Å². The lowest BCUT2D eigenvalue weighted by molar-refractivity contribution is 1.37. The lowest BCUT2D eigenvalue weighted by atomic mass is 10.0. The molecule has 1 radical (unpaired) electrons. The van der Waals surface area contributed by atoms with E-state index < -0.39 is 0 Å². The second-order valence-electron chi connectivity index (χ2n) is 3.03. The van der Waals surface area contributed by atoms with Gasteiger partial charge in [0.1, 0.15) is 0 Å². The molecule has 0 N–H and O–H groups in total. The molecule has 2 rings (SSSR count). The summed E-state index contributed by atoms with van der Waals surface area (Å²) in [5.41, 5.74) is 3.89. The van der Waals surface area contributed by atoms with Crippen molar-refractivity contribution in [1.82, 2.24) is 0 Å². The van der Waals surface area contributed by atoms with Crippen LogP contribution in [0.5, 0.6) is 0 Å². The van der Waals surface area contributed by atoms with Gasteiger partial charge in [-0.05, 0) is 23.6 Å². The van der Waals surface area contributed by atoms with Gasteiger partial charge in [0.2, 0.25) is 0 Å². The molecule has 0 saturated heterocycles. The first kappa shape index (κ1) is 7.35. The van der Waals surface area contributed by atoms with Crippen LogP contribution in [0.2, 0.25) is 0 Å². The van der Waals surface area contributed by atoms with Crippen molar-refractivity contribution in [3.05, 3.63) is 65.7 Å². The third kappa shape index (κ3) is 1.33. The molecule has 2 aliphatic carbocycles. The lowest BCUT2D eigenvalue weighted by Crippen LogP contribution is -1.85. The zero-order chi connectivity index (χ0) is 8.39. The van der Waals surface area contributed by atoms with Crippen LogP contribution in [-0.4, -0.2) is 0 Å². The highest BCUT2D eigenvalue weighted by molar-refractivity contribution is 5.54. The lowest BCUT2D eigenvalue weighted by Gasteiger charge is -2.02. The van der Waals surface area contributed by atoms with E-state index in [1.807, 2.05) is 0 Å². The Morgan fingerprint density at radius 2 is 1.75 bits per heavy atom. The second-order valence-corrected chi connectivity index (χ2v) is 3.03. The van der Waals surface area contributed by atoms with E-state index >= 15 is 0 Å². The summed E-state index contributed by atoms with van der Waals surface area (Å²) in [7, 11) is 0. The van der Waals surface area contributed by atoms with Gasteiger partial charge in [0.15, 0.2) is 0 Å². The van der Waals surface area contributed by atoms with Crippen molar-refractivity contribution in [1.29, 1.82) is 0 Å². The first-order valence-corrected chi connectivity index (χ1v) is 4.15. The molecule has 0 aromatic rings. The Labute approximate surface area is 73.3 Å². The van der Waals surface area contributed by atoms with Crippen molar-refractivity contribution in [3.63, 3.8) is 0 Å². The molecule has 0 spiro atoms. The van der Waals surface area contributed by atoms with E-state index in [1.54, 1.807) is 0 Å². The van der Waals surface area contributed by atoms with Crippen molar-refractivity contribution in [3.8, 4) is 0 Å².